The number of nitrogens with zero attached hydrogens (tertiary/aromatic N) is 1. The summed E-state index contributed by atoms with van der Waals surface area (Å²) in [6.45, 7) is 1.26. The third-order valence-electron chi connectivity index (χ3n) is 3.47. The van der Waals surface area contributed by atoms with Crippen LogP contribution in [0.15, 0.2) is 48.5 Å². The van der Waals surface area contributed by atoms with Gasteiger partial charge in [0, 0.05) is 5.69 Å². The highest BCUT2D eigenvalue weighted by Gasteiger charge is 2.23. The van der Waals surface area contributed by atoms with Crippen LogP contribution in [0.1, 0.15) is 17.3 Å². The zero-order valence-electron chi connectivity index (χ0n) is 14.8. The number of sulfonamides is 1. The Morgan fingerprint density at radius 2 is 1.85 bits per heavy atom. The van der Waals surface area contributed by atoms with Gasteiger partial charge in [0.15, 0.2) is 0 Å². The molecule has 144 valence electrons. The summed E-state index contributed by atoms with van der Waals surface area (Å²) < 4.78 is 43.5. The SMILES string of the molecule is CCOC(=O)c1cccc(NC(=O)CN(c2ccccc2F)S(C)(=O)=O)c1. The first-order valence-corrected chi connectivity index (χ1v) is 9.86. The van der Waals surface area contributed by atoms with E-state index in [9.17, 15) is 22.4 Å². The van der Waals surface area contributed by atoms with Gasteiger partial charge in [-0.25, -0.2) is 17.6 Å². The molecule has 0 saturated carbocycles. The molecule has 0 aliphatic carbocycles. The lowest BCUT2D eigenvalue weighted by Crippen LogP contribution is -2.38. The van der Waals surface area contributed by atoms with E-state index in [0.717, 1.165) is 12.3 Å². The Hall–Kier alpha value is -2.94. The Balaban J connectivity index is 2.19. The Labute approximate surface area is 156 Å². The molecule has 0 unspecified atom stereocenters. The molecule has 7 nitrogen and oxygen atoms in total. The van der Waals surface area contributed by atoms with Gasteiger partial charge in [0.25, 0.3) is 0 Å². The zero-order chi connectivity index (χ0) is 20.0. The van der Waals surface area contributed by atoms with Crippen LogP contribution in [0.5, 0.6) is 0 Å². The van der Waals surface area contributed by atoms with E-state index >= 15 is 0 Å². The van der Waals surface area contributed by atoms with Gasteiger partial charge in [-0.15, -0.1) is 0 Å². The van der Waals surface area contributed by atoms with Crippen molar-refractivity contribution in [3.05, 3.63) is 59.9 Å². The molecule has 1 N–H and O–H groups in total. The number of anilines is 2. The lowest BCUT2D eigenvalue weighted by atomic mass is 10.2. The molecule has 27 heavy (non-hydrogen) atoms. The number of benzene rings is 2. The van der Waals surface area contributed by atoms with Crippen LogP contribution in [0.4, 0.5) is 15.8 Å². The lowest BCUT2D eigenvalue weighted by Gasteiger charge is -2.22. The van der Waals surface area contributed by atoms with Crippen LogP contribution in [-0.2, 0) is 19.6 Å². The molecule has 9 heteroatoms. The molecule has 0 fully saturated rings. The maximum Gasteiger partial charge on any atom is 0.338 e. The van der Waals surface area contributed by atoms with Crippen LogP contribution in [0.25, 0.3) is 0 Å². The smallest absolute Gasteiger partial charge is 0.338 e. The van der Waals surface area contributed by atoms with Crippen LogP contribution >= 0.6 is 0 Å². The second kappa shape index (κ2) is 8.63. The molecule has 2 aromatic rings. The summed E-state index contributed by atoms with van der Waals surface area (Å²) in [7, 11) is -3.90. The first kappa shape index (κ1) is 20.4. The summed E-state index contributed by atoms with van der Waals surface area (Å²) in [4.78, 5) is 24.1. The molecule has 0 aliphatic rings. The highest BCUT2D eigenvalue weighted by molar-refractivity contribution is 7.92. The van der Waals surface area contributed by atoms with E-state index in [2.05, 4.69) is 5.32 Å². The fraction of sp³-hybridized carbons (Fsp3) is 0.222. The molecule has 0 atom stereocenters. The van der Waals surface area contributed by atoms with Gasteiger partial charge < -0.3 is 10.1 Å². The summed E-state index contributed by atoms with van der Waals surface area (Å²) >= 11 is 0. The monoisotopic (exact) mass is 394 g/mol. The van der Waals surface area contributed by atoms with Crippen molar-refractivity contribution in [2.75, 3.05) is 29.0 Å². The maximum absolute atomic E-state index is 14.0. The van der Waals surface area contributed by atoms with E-state index in [1.807, 2.05) is 0 Å². The quantitative estimate of drug-likeness (QED) is 0.728. The molecular formula is C18H19FN2O5S. The minimum atomic E-state index is -3.90. The molecule has 0 spiro atoms. The Kier molecular flexibility index (Phi) is 6.51. The second-order valence-corrected chi connectivity index (χ2v) is 7.48. The van der Waals surface area contributed by atoms with Crippen molar-refractivity contribution in [3.63, 3.8) is 0 Å². The highest BCUT2D eigenvalue weighted by atomic mass is 32.2. The number of ether oxygens (including phenoxy) is 1. The number of hydrogen-bond donors (Lipinski definition) is 1. The molecular weight excluding hydrogens is 375 g/mol. The number of amides is 1. The first-order valence-electron chi connectivity index (χ1n) is 8.01. The maximum atomic E-state index is 14.0. The van der Waals surface area contributed by atoms with Gasteiger partial charge in [0.1, 0.15) is 12.4 Å². The minimum Gasteiger partial charge on any atom is -0.462 e. The molecule has 0 bridgehead atoms. The fourth-order valence-corrected chi connectivity index (χ4v) is 3.16. The average Bonchev–Trinajstić information content (AvgIpc) is 2.60. The number of esters is 1. The molecule has 1 amide bonds. The molecule has 0 radical (unpaired) electrons. The van der Waals surface area contributed by atoms with Crippen LogP contribution in [-0.4, -0.2) is 39.7 Å². The lowest BCUT2D eigenvalue weighted by molar-refractivity contribution is -0.114. The number of halogens is 1. The van der Waals surface area contributed by atoms with E-state index in [1.54, 1.807) is 13.0 Å². The van der Waals surface area contributed by atoms with Crippen molar-refractivity contribution in [2.24, 2.45) is 0 Å². The van der Waals surface area contributed by atoms with Crippen LogP contribution < -0.4 is 9.62 Å². The summed E-state index contributed by atoms with van der Waals surface area (Å²) in [6.07, 6.45) is 0.883. The average molecular weight is 394 g/mol. The Morgan fingerprint density at radius 1 is 1.15 bits per heavy atom. The fourth-order valence-electron chi connectivity index (χ4n) is 2.30. The molecule has 0 aromatic heterocycles. The normalized spacial score (nSPS) is 10.9. The first-order chi connectivity index (χ1) is 12.7. The number of rotatable bonds is 7. The van der Waals surface area contributed by atoms with Gasteiger partial charge in [-0.1, -0.05) is 18.2 Å². The van der Waals surface area contributed by atoms with E-state index < -0.39 is 34.3 Å². The van der Waals surface area contributed by atoms with Crippen LogP contribution in [0.3, 0.4) is 0 Å². The van der Waals surface area contributed by atoms with E-state index in [4.69, 9.17) is 4.74 Å². The molecule has 0 saturated heterocycles. The molecule has 2 rings (SSSR count). The number of nitrogens with one attached hydrogen (secondary N) is 1. The van der Waals surface area contributed by atoms with Gasteiger partial charge in [-0.3, -0.25) is 9.10 Å². The number of para-hydroxylation sites is 1. The van der Waals surface area contributed by atoms with Crippen molar-refractivity contribution in [3.8, 4) is 0 Å². The summed E-state index contributed by atoms with van der Waals surface area (Å²) in [6, 6.07) is 11.3. The standard InChI is InChI=1S/C18H19FN2O5S/c1-3-26-18(23)13-7-6-8-14(11-13)20-17(22)12-21(27(2,24)25)16-10-5-4-9-15(16)19/h4-11H,3,12H2,1-2H3,(H,20,22). The van der Waals surface area contributed by atoms with Crippen molar-refractivity contribution >= 4 is 33.3 Å². The Bertz CT molecular complexity index is 946. The highest BCUT2D eigenvalue weighted by Crippen LogP contribution is 2.21. The second-order valence-electron chi connectivity index (χ2n) is 5.57. The van der Waals surface area contributed by atoms with E-state index in [0.29, 0.717) is 4.31 Å². The number of carbonyl (C=O) groups is 2. The zero-order valence-corrected chi connectivity index (χ0v) is 15.6. The van der Waals surface area contributed by atoms with Crippen molar-refractivity contribution in [2.45, 2.75) is 6.92 Å². The van der Waals surface area contributed by atoms with Gasteiger partial charge >= 0.3 is 5.97 Å². The summed E-state index contributed by atoms with van der Waals surface area (Å²) in [5.74, 6) is -2.00. The summed E-state index contributed by atoms with van der Waals surface area (Å²) in [5.41, 5.74) is 0.298. The third-order valence-corrected chi connectivity index (χ3v) is 4.59. The van der Waals surface area contributed by atoms with Crippen molar-refractivity contribution < 1.29 is 27.1 Å². The molecule has 2 aromatic carbocycles. The predicted octanol–water partition coefficient (Wildman–Crippen LogP) is 2.41. The van der Waals surface area contributed by atoms with Crippen LogP contribution in [0, 0.1) is 5.82 Å². The van der Waals surface area contributed by atoms with Gasteiger partial charge in [-0.05, 0) is 37.3 Å². The van der Waals surface area contributed by atoms with Gasteiger partial charge in [0.05, 0.1) is 24.1 Å². The molecule has 0 heterocycles. The third kappa shape index (κ3) is 5.52. The van der Waals surface area contributed by atoms with Crippen LogP contribution in [0.2, 0.25) is 0 Å². The Morgan fingerprint density at radius 3 is 2.48 bits per heavy atom. The van der Waals surface area contributed by atoms with E-state index in [1.165, 1.54) is 36.4 Å². The minimum absolute atomic E-state index is 0.210. The predicted molar refractivity (Wildman–Crippen MR) is 99.6 cm³/mol. The van der Waals surface area contributed by atoms with Gasteiger partial charge in [0.2, 0.25) is 15.9 Å². The summed E-state index contributed by atoms with van der Waals surface area (Å²) in [5, 5.41) is 2.50. The largest absolute Gasteiger partial charge is 0.462 e. The van der Waals surface area contributed by atoms with Crippen molar-refractivity contribution in [1.29, 1.82) is 0 Å². The topological polar surface area (TPSA) is 92.8 Å². The number of carbonyl (C=O) groups excluding carboxylic acids is 2. The van der Waals surface area contributed by atoms with Gasteiger partial charge in [-0.2, -0.15) is 0 Å². The van der Waals surface area contributed by atoms with E-state index in [-0.39, 0.29) is 23.5 Å². The number of hydrogen-bond acceptors (Lipinski definition) is 5. The molecule has 0 aliphatic heterocycles. The van der Waals surface area contributed by atoms with Crippen molar-refractivity contribution in [1.82, 2.24) is 0 Å².